The summed E-state index contributed by atoms with van der Waals surface area (Å²) in [6.45, 7) is 2.92. The molecule has 1 fully saturated rings. The number of aryl methyl sites for hydroxylation is 1. The van der Waals surface area contributed by atoms with Gasteiger partial charge in [-0.1, -0.05) is 31.4 Å². The van der Waals surface area contributed by atoms with Crippen LogP contribution in [0, 0.1) is 12.3 Å². The van der Waals surface area contributed by atoms with Crippen LogP contribution in [0.2, 0.25) is 0 Å². The molecule has 0 saturated heterocycles. The van der Waals surface area contributed by atoms with Crippen molar-refractivity contribution in [1.29, 1.82) is 0 Å². The van der Waals surface area contributed by atoms with Crippen molar-refractivity contribution in [2.24, 2.45) is 5.41 Å². The maximum atomic E-state index is 5.97. The maximum Gasteiger partial charge on any atom is 0.119 e. The van der Waals surface area contributed by atoms with Gasteiger partial charge < -0.3 is 4.74 Å². The Morgan fingerprint density at radius 1 is 1.24 bits per heavy atom. The van der Waals surface area contributed by atoms with E-state index in [-0.39, 0.29) is 0 Å². The lowest BCUT2D eigenvalue weighted by Gasteiger charge is -2.35. The number of benzene rings is 1. The molecular weight excluding hydrogens is 228 g/mol. The number of ether oxygens (including phenoxy) is 1. The van der Waals surface area contributed by atoms with Crippen molar-refractivity contribution in [3.05, 3.63) is 29.8 Å². The molecule has 94 valence electrons. The molecule has 0 heterocycles. The highest BCUT2D eigenvalue weighted by atomic mass is 32.1. The van der Waals surface area contributed by atoms with E-state index in [1.54, 1.807) is 0 Å². The molecule has 0 N–H and O–H groups in total. The van der Waals surface area contributed by atoms with Gasteiger partial charge in [-0.05, 0) is 43.2 Å². The summed E-state index contributed by atoms with van der Waals surface area (Å²) in [5.74, 6) is 1.94. The molecule has 0 spiro atoms. The molecule has 0 unspecified atom stereocenters. The summed E-state index contributed by atoms with van der Waals surface area (Å²) >= 11 is 4.54. The van der Waals surface area contributed by atoms with Crippen molar-refractivity contribution < 1.29 is 4.74 Å². The van der Waals surface area contributed by atoms with E-state index in [4.69, 9.17) is 4.74 Å². The molecule has 1 aliphatic carbocycles. The lowest BCUT2D eigenvalue weighted by Crippen LogP contribution is -2.32. The molecule has 2 rings (SSSR count). The molecule has 0 amide bonds. The Morgan fingerprint density at radius 3 is 2.65 bits per heavy atom. The van der Waals surface area contributed by atoms with E-state index in [2.05, 4.69) is 37.8 Å². The molecule has 17 heavy (non-hydrogen) atoms. The fourth-order valence-corrected chi connectivity index (χ4v) is 3.00. The smallest absolute Gasteiger partial charge is 0.119 e. The summed E-state index contributed by atoms with van der Waals surface area (Å²) in [6.07, 6.45) is 6.57. The van der Waals surface area contributed by atoms with Crippen LogP contribution in [0.25, 0.3) is 0 Å². The molecule has 1 aromatic carbocycles. The zero-order valence-corrected chi connectivity index (χ0v) is 11.5. The molecule has 2 heteroatoms. The van der Waals surface area contributed by atoms with Gasteiger partial charge >= 0.3 is 0 Å². The van der Waals surface area contributed by atoms with Crippen LogP contribution in [0.4, 0.5) is 0 Å². The third-order valence-corrected chi connectivity index (χ3v) is 4.46. The average molecular weight is 250 g/mol. The zero-order chi connectivity index (χ0) is 12.1. The Labute approximate surface area is 110 Å². The first kappa shape index (κ1) is 12.8. The molecule has 1 saturated carbocycles. The van der Waals surface area contributed by atoms with Crippen molar-refractivity contribution in [1.82, 2.24) is 0 Å². The Balaban J connectivity index is 1.95. The van der Waals surface area contributed by atoms with Gasteiger partial charge in [0.15, 0.2) is 0 Å². The van der Waals surface area contributed by atoms with Crippen LogP contribution in [0.3, 0.4) is 0 Å². The van der Waals surface area contributed by atoms with Crippen LogP contribution in [0.5, 0.6) is 5.75 Å². The van der Waals surface area contributed by atoms with Gasteiger partial charge in [0.1, 0.15) is 5.75 Å². The van der Waals surface area contributed by atoms with Crippen LogP contribution in [0.15, 0.2) is 24.3 Å². The Kier molecular flexibility index (Phi) is 4.38. The predicted molar refractivity (Wildman–Crippen MR) is 76.0 cm³/mol. The van der Waals surface area contributed by atoms with Gasteiger partial charge in [-0.15, -0.1) is 0 Å². The quantitative estimate of drug-likeness (QED) is 0.786. The topological polar surface area (TPSA) is 9.23 Å². The Morgan fingerprint density at radius 2 is 2.00 bits per heavy atom. The van der Waals surface area contributed by atoms with Crippen LogP contribution in [-0.2, 0) is 0 Å². The summed E-state index contributed by atoms with van der Waals surface area (Å²) in [6, 6.07) is 8.30. The lowest BCUT2D eigenvalue weighted by atomic mass is 9.76. The highest BCUT2D eigenvalue weighted by molar-refractivity contribution is 7.80. The fraction of sp³-hybridized carbons (Fsp3) is 0.600. The van der Waals surface area contributed by atoms with Crippen molar-refractivity contribution in [2.75, 3.05) is 12.4 Å². The first-order valence-electron chi connectivity index (χ1n) is 6.54. The Hall–Kier alpha value is -0.630. The minimum atomic E-state index is 0.311. The number of rotatable bonds is 4. The van der Waals surface area contributed by atoms with Gasteiger partial charge in [0.2, 0.25) is 0 Å². The third kappa shape index (κ3) is 3.41. The molecule has 0 aromatic heterocycles. The minimum Gasteiger partial charge on any atom is -0.493 e. The van der Waals surface area contributed by atoms with E-state index in [1.807, 2.05) is 6.07 Å². The van der Waals surface area contributed by atoms with Crippen molar-refractivity contribution in [2.45, 2.75) is 39.0 Å². The highest BCUT2D eigenvalue weighted by Gasteiger charge is 2.31. The molecule has 0 bridgehead atoms. The van der Waals surface area contributed by atoms with Gasteiger partial charge in [0.05, 0.1) is 6.61 Å². The second kappa shape index (κ2) is 5.81. The predicted octanol–water partition coefficient (Wildman–Crippen LogP) is 4.25. The maximum absolute atomic E-state index is 5.97. The van der Waals surface area contributed by atoms with Gasteiger partial charge in [0.25, 0.3) is 0 Å². The monoisotopic (exact) mass is 250 g/mol. The van der Waals surface area contributed by atoms with Crippen molar-refractivity contribution in [3.8, 4) is 5.75 Å². The summed E-state index contributed by atoms with van der Waals surface area (Å²) in [5, 5.41) is 0. The number of hydrogen-bond acceptors (Lipinski definition) is 2. The van der Waals surface area contributed by atoms with Crippen LogP contribution >= 0.6 is 12.6 Å². The molecule has 1 nitrogen and oxygen atoms in total. The standard InChI is InChI=1S/C15H22OS/c1-13-6-5-7-14(10-13)16-11-15(12-17)8-3-2-4-9-15/h5-7,10,17H,2-4,8-9,11-12H2,1H3. The lowest BCUT2D eigenvalue weighted by molar-refractivity contribution is 0.121. The zero-order valence-electron chi connectivity index (χ0n) is 10.6. The van der Waals surface area contributed by atoms with Crippen molar-refractivity contribution in [3.63, 3.8) is 0 Å². The molecule has 0 atom stereocenters. The van der Waals surface area contributed by atoms with Gasteiger partial charge in [0, 0.05) is 5.41 Å². The molecule has 1 aromatic rings. The third-order valence-electron chi connectivity index (χ3n) is 3.78. The average Bonchev–Trinajstić information content (AvgIpc) is 2.38. The summed E-state index contributed by atoms with van der Waals surface area (Å²) in [5.41, 5.74) is 1.57. The fourth-order valence-electron chi connectivity index (χ4n) is 2.59. The molecule has 1 aliphatic rings. The molecule has 0 radical (unpaired) electrons. The van der Waals surface area contributed by atoms with E-state index >= 15 is 0 Å². The van der Waals surface area contributed by atoms with Gasteiger partial charge in [-0.25, -0.2) is 0 Å². The molecule has 0 aliphatic heterocycles. The van der Waals surface area contributed by atoms with E-state index in [1.165, 1.54) is 37.7 Å². The van der Waals surface area contributed by atoms with E-state index in [9.17, 15) is 0 Å². The van der Waals surface area contributed by atoms with Gasteiger partial charge in [-0.2, -0.15) is 12.6 Å². The van der Waals surface area contributed by atoms with E-state index in [0.29, 0.717) is 5.41 Å². The van der Waals surface area contributed by atoms with Crippen LogP contribution < -0.4 is 4.74 Å². The molecular formula is C15H22OS. The van der Waals surface area contributed by atoms with Crippen LogP contribution in [0.1, 0.15) is 37.7 Å². The normalized spacial score (nSPS) is 18.9. The van der Waals surface area contributed by atoms with E-state index < -0.39 is 0 Å². The first-order valence-corrected chi connectivity index (χ1v) is 7.18. The summed E-state index contributed by atoms with van der Waals surface area (Å²) in [7, 11) is 0. The number of thiol groups is 1. The van der Waals surface area contributed by atoms with E-state index in [0.717, 1.165) is 18.1 Å². The summed E-state index contributed by atoms with van der Waals surface area (Å²) in [4.78, 5) is 0. The summed E-state index contributed by atoms with van der Waals surface area (Å²) < 4.78 is 5.97. The first-order chi connectivity index (χ1) is 8.24. The minimum absolute atomic E-state index is 0.311. The largest absolute Gasteiger partial charge is 0.493 e. The second-order valence-electron chi connectivity index (χ2n) is 5.32. The Bertz CT molecular complexity index is 356. The second-order valence-corrected chi connectivity index (χ2v) is 5.64. The highest BCUT2D eigenvalue weighted by Crippen LogP contribution is 2.37. The van der Waals surface area contributed by atoms with Crippen LogP contribution in [-0.4, -0.2) is 12.4 Å². The SMILES string of the molecule is Cc1cccc(OCC2(CS)CCCCC2)c1. The number of hydrogen-bond donors (Lipinski definition) is 1. The van der Waals surface area contributed by atoms with Gasteiger partial charge in [-0.3, -0.25) is 0 Å². The van der Waals surface area contributed by atoms with Crippen molar-refractivity contribution >= 4 is 12.6 Å².